The fraction of sp³-hybridized carbons (Fsp3) is 0.389. The second-order valence-electron chi connectivity index (χ2n) is 6.98. The lowest BCUT2D eigenvalue weighted by molar-refractivity contribution is -0.141. The molecule has 1 aromatic carbocycles. The molecule has 0 saturated carbocycles. The minimum atomic E-state index is -4.51. The number of benzene rings is 1. The van der Waals surface area contributed by atoms with Gasteiger partial charge >= 0.3 is 12.4 Å². The third kappa shape index (κ3) is 4.75. The molecule has 0 N–H and O–H groups in total. The van der Waals surface area contributed by atoms with Crippen LogP contribution in [0.15, 0.2) is 42.9 Å². The first-order chi connectivity index (χ1) is 14.6. The van der Waals surface area contributed by atoms with Gasteiger partial charge in [0, 0.05) is 38.1 Å². The van der Waals surface area contributed by atoms with Gasteiger partial charge in [0.1, 0.15) is 13.0 Å². The molecule has 7 nitrogen and oxygen atoms in total. The summed E-state index contributed by atoms with van der Waals surface area (Å²) in [5.74, 6) is 0.426. The zero-order valence-corrected chi connectivity index (χ0v) is 16.0. The number of alkyl halides is 6. The van der Waals surface area contributed by atoms with Crippen LogP contribution >= 0.6 is 0 Å². The van der Waals surface area contributed by atoms with Gasteiger partial charge in [-0.25, -0.2) is 9.67 Å². The Balaban J connectivity index is 1.34. The second kappa shape index (κ2) is 7.78. The summed E-state index contributed by atoms with van der Waals surface area (Å²) in [7, 11) is 0. The number of halogens is 6. The predicted molar refractivity (Wildman–Crippen MR) is 98.5 cm³/mol. The van der Waals surface area contributed by atoms with Crippen molar-refractivity contribution < 1.29 is 26.3 Å². The highest BCUT2D eigenvalue weighted by Gasteiger charge is 2.33. The highest BCUT2D eigenvalue weighted by molar-refractivity contribution is 5.49. The molecule has 3 heterocycles. The van der Waals surface area contributed by atoms with E-state index in [1.54, 1.807) is 0 Å². The van der Waals surface area contributed by atoms with E-state index in [0.29, 0.717) is 37.8 Å². The van der Waals surface area contributed by atoms with Crippen molar-refractivity contribution in [3.8, 4) is 0 Å². The largest absolute Gasteiger partial charge is 0.435 e. The Kier molecular flexibility index (Phi) is 5.27. The molecule has 2 aromatic heterocycles. The summed E-state index contributed by atoms with van der Waals surface area (Å²) in [4.78, 5) is 8.07. The van der Waals surface area contributed by atoms with Gasteiger partial charge < -0.3 is 9.80 Å². The van der Waals surface area contributed by atoms with E-state index in [1.165, 1.54) is 29.3 Å². The maximum absolute atomic E-state index is 12.7. The Labute approximate surface area is 172 Å². The van der Waals surface area contributed by atoms with Gasteiger partial charge in [0.05, 0.1) is 5.56 Å². The maximum Gasteiger partial charge on any atom is 0.435 e. The van der Waals surface area contributed by atoms with Crippen LogP contribution < -0.4 is 9.80 Å². The minimum absolute atomic E-state index is 0.0192. The SMILES string of the molecule is FC(F)(F)c1ccc(N2CCN(c3ncn(Cn4ccc(C(F)(F)F)n4)n3)CC2)cc1. The molecule has 3 aromatic rings. The molecule has 0 radical (unpaired) electrons. The summed E-state index contributed by atoms with van der Waals surface area (Å²) in [6, 6.07) is 5.91. The van der Waals surface area contributed by atoms with Crippen LogP contribution in [-0.2, 0) is 19.0 Å². The number of anilines is 2. The van der Waals surface area contributed by atoms with E-state index in [-0.39, 0.29) is 6.67 Å². The zero-order valence-electron chi connectivity index (χ0n) is 16.0. The Morgan fingerprint density at radius 2 is 1.39 bits per heavy atom. The first kappa shape index (κ1) is 21.0. The van der Waals surface area contributed by atoms with E-state index >= 15 is 0 Å². The van der Waals surface area contributed by atoms with Crippen LogP contribution in [0.5, 0.6) is 0 Å². The Morgan fingerprint density at radius 3 is 1.97 bits per heavy atom. The molecule has 0 spiro atoms. The molecule has 1 saturated heterocycles. The maximum atomic E-state index is 12.7. The highest BCUT2D eigenvalue weighted by Crippen LogP contribution is 2.31. The molecule has 0 amide bonds. The molecule has 4 rings (SSSR count). The van der Waals surface area contributed by atoms with Gasteiger partial charge in [-0.2, -0.15) is 31.4 Å². The van der Waals surface area contributed by atoms with Crippen LogP contribution in [0.1, 0.15) is 11.3 Å². The highest BCUT2D eigenvalue weighted by atomic mass is 19.4. The van der Waals surface area contributed by atoms with Crippen molar-refractivity contribution in [2.45, 2.75) is 19.0 Å². The molecular weight excluding hydrogens is 428 g/mol. The molecule has 0 aliphatic carbocycles. The Bertz CT molecular complexity index is 1010. The van der Waals surface area contributed by atoms with Gasteiger partial charge in [0.25, 0.3) is 0 Å². The quantitative estimate of drug-likeness (QED) is 0.577. The van der Waals surface area contributed by atoms with Crippen LogP contribution in [0.4, 0.5) is 38.0 Å². The monoisotopic (exact) mass is 445 g/mol. The van der Waals surface area contributed by atoms with Gasteiger partial charge in [0.15, 0.2) is 5.69 Å². The van der Waals surface area contributed by atoms with E-state index < -0.39 is 23.6 Å². The molecule has 1 aliphatic rings. The van der Waals surface area contributed by atoms with Crippen molar-refractivity contribution in [1.82, 2.24) is 24.5 Å². The zero-order chi connectivity index (χ0) is 22.2. The fourth-order valence-corrected chi connectivity index (χ4v) is 3.26. The van der Waals surface area contributed by atoms with Crippen molar-refractivity contribution >= 4 is 11.6 Å². The molecule has 1 fully saturated rings. The summed E-state index contributed by atoms with van der Waals surface area (Å²) in [6.07, 6.45) is -6.25. The lowest BCUT2D eigenvalue weighted by Crippen LogP contribution is -2.47. The number of nitrogens with zero attached hydrogens (tertiary/aromatic N) is 7. The third-order valence-corrected chi connectivity index (χ3v) is 4.87. The standard InChI is InChI=1S/C18H17F6N7/c19-17(20,21)13-1-3-14(4-2-13)28-7-9-29(10-8-28)16-25-11-31(27-16)12-30-6-5-15(26-30)18(22,23)24/h1-6,11H,7-10,12H2. The Hall–Kier alpha value is -3.25. The predicted octanol–water partition coefficient (Wildman–Crippen LogP) is 3.34. The van der Waals surface area contributed by atoms with Gasteiger partial charge in [-0.3, -0.25) is 4.68 Å². The Morgan fingerprint density at radius 1 is 0.742 bits per heavy atom. The average molecular weight is 445 g/mol. The third-order valence-electron chi connectivity index (χ3n) is 4.87. The van der Waals surface area contributed by atoms with E-state index in [0.717, 1.165) is 22.9 Å². The first-order valence-corrected chi connectivity index (χ1v) is 9.27. The van der Waals surface area contributed by atoms with Crippen molar-refractivity contribution in [3.05, 3.63) is 54.1 Å². The number of hydrogen-bond acceptors (Lipinski definition) is 5. The molecule has 166 valence electrons. The van der Waals surface area contributed by atoms with E-state index in [9.17, 15) is 26.3 Å². The average Bonchev–Trinajstić information content (AvgIpc) is 3.38. The van der Waals surface area contributed by atoms with E-state index in [1.807, 2.05) is 9.80 Å². The molecule has 13 heteroatoms. The molecule has 1 aliphatic heterocycles. The normalized spacial score (nSPS) is 15.5. The van der Waals surface area contributed by atoms with Gasteiger partial charge in [-0.15, -0.1) is 5.10 Å². The van der Waals surface area contributed by atoms with Crippen LogP contribution in [-0.4, -0.2) is 50.7 Å². The minimum Gasteiger partial charge on any atom is -0.368 e. The van der Waals surface area contributed by atoms with Crippen LogP contribution in [0.2, 0.25) is 0 Å². The van der Waals surface area contributed by atoms with Crippen LogP contribution in [0.25, 0.3) is 0 Å². The first-order valence-electron chi connectivity index (χ1n) is 9.27. The second-order valence-corrected chi connectivity index (χ2v) is 6.98. The number of piperazine rings is 1. The van der Waals surface area contributed by atoms with Crippen LogP contribution in [0, 0.1) is 0 Å². The summed E-state index contributed by atoms with van der Waals surface area (Å²) in [6.45, 7) is 2.20. The topological polar surface area (TPSA) is 55.0 Å². The summed E-state index contributed by atoms with van der Waals surface area (Å²) < 4.78 is 78.5. The lowest BCUT2D eigenvalue weighted by Gasteiger charge is -2.35. The summed E-state index contributed by atoms with van der Waals surface area (Å²) in [5.41, 5.74) is -0.971. The molecule has 0 atom stereocenters. The van der Waals surface area contributed by atoms with Gasteiger partial charge in [-0.05, 0) is 30.3 Å². The van der Waals surface area contributed by atoms with Crippen molar-refractivity contribution in [2.24, 2.45) is 0 Å². The number of aromatic nitrogens is 5. The van der Waals surface area contributed by atoms with Crippen LogP contribution in [0.3, 0.4) is 0 Å². The smallest absolute Gasteiger partial charge is 0.368 e. The van der Waals surface area contributed by atoms with Gasteiger partial charge in [-0.1, -0.05) is 0 Å². The number of hydrogen-bond donors (Lipinski definition) is 0. The van der Waals surface area contributed by atoms with E-state index in [2.05, 4.69) is 15.2 Å². The van der Waals surface area contributed by atoms with E-state index in [4.69, 9.17) is 0 Å². The number of rotatable bonds is 4. The van der Waals surface area contributed by atoms with Crippen molar-refractivity contribution in [1.29, 1.82) is 0 Å². The molecule has 31 heavy (non-hydrogen) atoms. The van der Waals surface area contributed by atoms with Gasteiger partial charge in [0.2, 0.25) is 5.95 Å². The summed E-state index contributed by atoms with van der Waals surface area (Å²) in [5, 5.41) is 7.76. The summed E-state index contributed by atoms with van der Waals surface area (Å²) >= 11 is 0. The molecular formula is C18H17F6N7. The van der Waals surface area contributed by atoms with Crippen molar-refractivity contribution in [2.75, 3.05) is 36.0 Å². The molecule has 0 unspecified atom stereocenters. The molecule has 0 bridgehead atoms. The lowest BCUT2D eigenvalue weighted by atomic mass is 10.1. The van der Waals surface area contributed by atoms with Crippen molar-refractivity contribution in [3.63, 3.8) is 0 Å². The fourth-order valence-electron chi connectivity index (χ4n) is 3.26.